The van der Waals surface area contributed by atoms with E-state index in [9.17, 15) is 9.59 Å². The molecule has 0 bridgehead atoms. The van der Waals surface area contributed by atoms with Gasteiger partial charge in [0.25, 0.3) is 0 Å². The molecule has 3 heterocycles. The van der Waals surface area contributed by atoms with Crippen molar-refractivity contribution in [1.82, 2.24) is 19.6 Å². The van der Waals surface area contributed by atoms with Crippen molar-refractivity contribution in [3.8, 4) is 0 Å². The minimum absolute atomic E-state index is 0.0797. The summed E-state index contributed by atoms with van der Waals surface area (Å²) in [5, 5.41) is 4.41. The van der Waals surface area contributed by atoms with E-state index in [-0.39, 0.29) is 23.9 Å². The van der Waals surface area contributed by atoms with Gasteiger partial charge in [-0.3, -0.25) is 14.3 Å². The van der Waals surface area contributed by atoms with E-state index >= 15 is 0 Å². The van der Waals surface area contributed by atoms with Crippen LogP contribution in [-0.4, -0.2) is 57.1 Å². The smallest absolute Gasteiger partial charge is 0.224 e. The summed E-state index contributed by atoms with van der Waals surface area (Å²) in [6, 6.07) is 0.350. The Morgan fingerprint density at radius 1 is 1.21 bits per heavy atom. The van der Waals surface area contributed by atoms with E-state index in [4.69, 9.17) is 0 Å². The highest BCUT2D eigenvalue weighted by Gasteiger charge is 2.30. The minimum atomic E-state index is 0.0797. The van der Waals surface area contributed by atoms with E-state index in [1.54, 1.807) is 6.92 Å². The number of carbonyl (C=O) groups excluding carboxylic acids is 2. The average molecular weight is 332 g/mol. The van der Waals surface area contributed by atoms with Crippen LogP contribution in [-0.2, 0) is 9.59 Å². The van der Waals surface area contributed by atoms with E-state index in [1.165, 1.54) is 0 Å². The molecule has 2 aliphatic rings. The second-order valence-electron chi connectivity index (χ2n) is 7.20. The molecule has 0 aliphatic carbocycles. The molecular formula is C18H28N4O2. The first-order chi connectivity index (χ1) is 11.5. The Kier molecular flexibility index (Phi) is 5.21. The van der Waals surface area contributed by atoms with Crippen LogP contribution in [0.3, 0.4) is 0 Å². The van der Waals surface area contributed by atoms with Crippen molar-refractivity contribution >= 4 is 11.8 Å². The molecule has 2 aliphatic heterocycles. The van der Waals surface area contributed by atoms with Gasteiger partial charge in [-0.15, -0.1) is 0 Å². The number of aromatic nitrogens is 2. The van der Waals surface area contributed by atoms with Gasteiger partial charge in [-0.05, 0) is 44.6 Å². The van der Waals surface area contributed by atoms with Gasteiger partial charge in [0, 0.05) is 45.2 Å². The molecule has 0 spiro atoms. The Labute approximate surface area is 143 Å². The van der Waals surface area contributed by atoms with Crippen molar-refractivity contribution in [2.75, 3.05) is 19.6 Å². The summed E-state index contributed by atoms with van der Waals surface area (Å²) in [6.07, 6.45) is 9.56. The lowest BCUT2D eigenvalue weighted by Crippen LogP contribution is -2.47. The summed E-state index contributed by atoms with van der Waals surface area (Å²) in [4.78, 5) is 28.4. The molecule has 2 fully saturated rings. The number of carbonyl (C=O) groups is 2. The van der Waals surface area contributed by atoms with Crippen molar-refractivity contribution < 1.29 is 9.59 Å². The number of hydrogen-bond donors (Lipinski definition) is 0. The van der Waals surface area contributed by atoms with Crippen molar-refractivity contribution in [3.05, 3.63) is 18.0 Å². The lowest BCUT2D eigenvalue weighted by molar-refractivity contribution is -0.138. The topological polar surface area (TPSA) is 58.4 Å². The molecule has 2 unspecified atom stereocenters. The summed E-state index contributed by atoms with van der Waals surface area (Å²) >= 11 is 0. The molecule has 6 heteroatoms. The molecule has 24 heavy (non-hydrogen) atoms. The fourth-order valence-electron chi connectivity index (χ4n) is 3.99. The van der Waals surface area contributed by atoms with Gasteiger partial charge < -0.3 is 9.80 Å². The predicted molar refractivity (Wildman–Crippen MR) is 91.5 cm³/mol. The van der Waals surface area contributed by atoms with Crippen molar-refractivity contribution in [3.63, 3.8) is 0 Å². The number of hydrogen-bond acceptors (Lipinski definition) is 3. The van der Waals surface area contributed by atoms with Crippen molar-refractivity contribution in [2.24, 2.45) is 0 Å². The largest absolute Gasteiger partial charge is 0.340 e. The molecule has 3 rings (SSSR count). The average Bonchev–Trinajstić information content (AvgIpc) is 3.02. The molecule has 1 aromatic rings. The fraction of sp³-hybridized carbons (Fsp3) is 0.722. The summed E-state index contributed by atoms with van der Waals surface area (Å²) < 4.78 is 2.00. The van der Waals surface area contributed by atoms with Crippen LogP contribution in [0.15, 0.2) is 12.4 Å². The number of nitrogens with zero attached hydrogens (tertiary/aromatic N) is 4. The third-order valence-electron chi connectivity index (χ3n) is 5.30. The first-order valence-corrected chi connectivity index (χ1v) is 9.10. The van der Waals surface area contributed by atoms with Crippen molar-refractivity contribution in [2.45, 2.75) is 64.5 Å². The quantitative estimate of drug-likeness (QED) is 0.852. The molecule has 1 aromatic heterocycles. The van der Waals surface area contributed by atoms with E-state index in [0.29, 0.717) is 6.42 Å². The highest BCUT2D eigenvalue weighted by Crippen LogP contribution is 2.24. The van der Waals surface area contributed by atoms with Crippen LogP contribution in [0.2, 0.25) is 0 Å². The van der Waals surface area contributed by atoms with Gasteiger partial charge >= 0.3 is 0 Å². The summed E-state index contributed by atoms with van der Waals surface area (Å²) in [7, 11) is 0. The normalized spacial score (nSPS) is 24.9. The van der Waals surface area contributed by atoms with Gasteiger partial charge in [0.1, 0.15) is 0 Å². The maximum Gasteiger partial charge on any atom is 0.224 e. The Morgan fingerprint density at radius 3 is 2.75 bits per heavy atom. The number of piperidine rings is 2. The van der Waals surface area contributed by atoms with Crippen LogP contribution in [0.4, 0.5) is 0 Å². The molecule has 132 valence electrons. The first kappa shape index (κ1) is 17.0. The van der Waals surface area contributed by atoms with E-state index in [2.05, 4.69) is 11.3 Å². The minimum Gasteiger partial charge on any atom is -0.340 e. The summed E-state index contributed by atoms with van der Waals surface area (Å²) in [6.45, 7) is 5.99. The highest BCUT2D eigenvalue weighted by atomic mass is 16.2. The molecule has 2 amide bonds. The summed E-state index contributed by atoms with van der Waals surface area (Å²) in [5.41, 5.74) is 1.15. The van der Waals surface area contributed by atoms with Crippen LogP contribution in [0, 0.1) is 6.92 Å². The van der Waals surface area contributed by atoms with Crippen LogP contribution in [0.1, 0.15) is 57.1 Å². The highest BCUT2D eigenvalue weighted by molar-refractivity contribution is 5.79. The molecule has 0 aromatic carbocycles. The number of aryl methyl sites for hydroxylation is 1. The van der Waals surface area contributed by atoms with Crippen LogP contribution in [0.25, 0.3) is 0 Å². The number of likely N-dealkylation sites (tertiary alicyclic amines) is 2. The Morgan fingerprint density at radius 2 is 2.04 bits per heavy atom. The molecular weight excluding hydrogens is 304 g/mol. The fourth-order valence-corrected chi connectivity index (χ4v) is 3.99. The van der Waals surface area contributed by atoms with E-state index < -0.39 is 0 Å². The van der Waals surface area contributed by atoms with Gasteiger partial charge in [-0.1, -0.05) is 0 Å². The summed E-state index contributed by atoms with van der Waals surface area (Å²) in [5.74, 6) is 0.276. The van der Waals surface area contributed by atoms with Crippen LogP contribution in [0.5, 0.6) is 0 Å². The maximum atomic E-state index is 12.8. The van der Waals surface area contributed by atoms with E-state index in [1.807, 2.05) is 27.6 Å². The SMILES string of the molecule is CC(=O)N1CCCCC1CC(=O)N1CCCC(n2cc(C)cn2)C1. The van der Waals surface area contributed by atoms with Crippen LogP contribution >= 0.6 is 0 Å². The van der Waals surface area contributed by atoms with Gasteiger partial charge in [0.05, 0.1) is 12.2 Å². The van der Waals surface area contributed by atoms with Crippen LogP contribution < -0.4 is 0 Å². The second-order valence-corrected chi connectivity index (χ2v) is 7.20. The molecule has 0 saturated carbocycles. The second kappa shape index (κ2) is 7.36. The predicted octanol–water partition coefficient (Wildman–Crippen LogP) is 2.15. The molecule has 2 atom stereocenters. The van der Waals surface area contributed by atoms with Gasteiger partial charge in [0.2, 0.25) is 11.8 Å². The van der Waals surface area contributed by atoms with Gasteiger partial charge in [-0.25, -0.2) is 0 Å². The zero-order chi connectivity index (χ0) is 17.1. The zero-order valence-corrected chi connectivity index (χ0v) is 14.8. The molecule has 0 N–H and O–H groups in total. The lowest BCUT2D eigenvalue weighted by atomic mass is 9.97. The number of rotatable bonds is 3. The third kappa shape index (κ3) is 3.79. The maximum absolute atomic E-state index is 12.8. The Hall–Kier alpha value is -1.85. The third-order valence-corrected chi connectivity index (χ3v) is 5.30. The first-order valence-electron chi connectivity index (χ1n) is 9.10. The molecule has 6 nitrogen and oxygen atoms in total. The lowest BCUT2D eigenvalue weighted by Gasteiger charge is -2.38. The van der Waals surface area contributed by atoms with Gasteiger partial charge in [-0.2, -0.15) is 5.10 Å². The molecule has 0 radical (unpaired) electrons. The van der Waals surface area contributed by atoms with E-state index in [0.717, 1.165) is 57.3 Å². The zero-order valence-electron chi connectivity index (χ0n) is 14.8. The van der Waals surface area contributed by atoms with Gasteiger partial charge in [0.15, 0.2) is 0 Å². The Bertz CT molecular complexity index is 598. The van der Waals surface area contributed by atoms with Crippen molar-refractivity contribution in [1.29, 1.82) is 0 Å². The monoisotopic (exact) mass is 332 g/mol. The Balaban J connectivity index is 1.60. The number of amides is 2. The standard InChI is InChI=1S/C18H28N4O2/c1-14-11-19-22(12-14)17-7-5-8-20(13-17)18(24)10-16-6-3-4-9-21(16)15(2)23/h11-12,16-17H,3-10,13H2,1-2H3. The molecule has 2 saturated heterocycles.